The molecule has 2 saturated carbocycles. The van der Waals surface area contributed by atoms with E-state index in [0.717, 1.165) is 50.8 Å². The van der Waals surface area contributed by atoms with Gasteiger partial charge >= 0.3 is 0 Å². The normalized spacial score (nSPS) is 38.7. The molecule has 0 aromatic rings. The van der Waals surface area contributed by atoms with Crippen molar-refractivity contribution in [3.63, 3.8) is 0 Å². The molecule has 0 bridgehead atoms. The molecule has 0 radical (unpaired) electrons. The molecule has 2 unspecified atom stereocenters. The summed E-state index contributed by atoms with van der Waals surface area (Å²) in [6.07, 6.45) is 6.33. The van der Waals surface area contributed by atoms with Crippen molar-refractivity contribution in [3.05, 3.63) is 11.3 Å². The number of allylic oxidation sites excluding steroid dienone is 1. The van der Waals surface area contributed by atoms with Crippen molar-refractivity contribution in [2.24, 2.45) is 28.4 Å². The van der Waals surface area contributed by atoms with Crippen molar-refractivity contribution in [2.45, 2.75) is 65.1 Å². The maximum Gasteiger partial charge on any atom is 0.264 e. The Morgan fingerprint density at radius 3 is 2.50 bits per heavy atom. The SMILES string of the molecule is CN1CCCC2C(=C1C(N)=O)CC[C@@H]1C2(C)CCC2(OCCO2)C1(C)C. The average molecular weight is 363 g/mol. The van der Waals surface area contributed by atoms with Crippen LogP contribution in [0.3, 0.4) is 0 Å². The van der Waals surface area contributed by atoms with Crippen molar-refractivity contribution in [3.8, 4) is 0 Å². The van der Waals surface area contributed by atoms with Gasteiger partial charge in [-0.05, 0) is 54.9 Å². The van der Waals surface area contributed by atoms with E-state index in [1.165, 1.54) is 5.57 Å². The molecule has 26 heavy (non-hydrogen) atoms. The van der Waals surface area contributed by atoms with Gasteiger partial charge in [0.1, 0.15) is 5.70 Å². The Kier molecular flexibility index (Phi) is 4.20. The third-order valence-electron chi connectivity index (χ3n) is 8.22. The van der Waals surface area contributed by atoms with Crippen LogP contribution in [0.25, 0.3) is 0 Å². The first-order valence-corrected chi connectivity index (χ1v) is 10.2. The number of fused-ring (bicyclic) bond motifs is 3. The standard InChI is InChI=1S/C21H34N2O3/c1-19(2)16-8-7-14-15(6-5-11-23(4)17(14)18(22)24)20(16,3)9-10-21(19)25-12-13-26-21/h15-16H,5-13H2,1-4H3,(H2,22,24)/t15?,16-,20?/m0/s1. The molecule has 1 amide bonds. The Balaban J connectivity index is 1.77. The summed E-state index contributed by atoms with van der Waals surface area (Å²) in [7, 11) is 2.02. The molecule has 1 spiro atoms. The molecule has 5 heteroatoms. The van der Waals surface area contributed by atoms with Gasteiger partial charge < -0.3 is 20.1 Å². The van der Waals surface area contributed by atoms with Gasteiger partial charge in [0.15, 0.2) is 5.79 Å². The molecule has 5 nitrogen and oxygen atoms in total. The van der Waals surface area contributed by atoms with Crippen LogP contribution in [0.15, 0.2) is 11.3 Å². The summed E-state index contributed by atoms with van der Waals surface area (Å²) in [6.45, 7) is 9.46. The summed E-state index contributed by atoms with van der Waals surface area (Å²) < 4.78 is 12.4. The van der Waals surface area contributed by atoms with Gasteiger partial charge in [-0.3, -0.25) is 4.79 Å². The molecular formula is C21H34N2O3. The highest BCUT2D eigenvalue weighted by atomic mass is 16.7. The monoisotopic (exact) mass is 362 g/mol. The first kappa shape index (κ1) is 18.3. The average Bonchev–Trinajstić information content (AvgIpc) is 2.97. The lowest BCUT2D eigenvalue weighted by molar-refractivity contribution is -0.291. The molecule has 1 saturated heterocycles. The van der Waals surface area contributed by atoms with E-state index in [0.29, 0.717) is 25.0 Å². The van der Waals surface area contributed by atoms with Gasteiger partial charge in [-0.2, -0.15) is 0 Å². The fourth-order valence-corrected chi connectivity index (χ4v) is 6.99. The number of nitrogens with zero attached hydrogens (tertiary/aromatic N) is 1. The summed E-state index contributed by atoms with van der Waals surface area (Å²) in [6, 6.07) is 0. The second kappa shape index (κ2) is 5.96. The Morgan fingerprint density at radius 2 is 1.85 bits per heavy atom. The quantitative estimate of drug-likeness (QED) is 0.779. The number of rotatable bonds is 1. The maximum absolute atomic E-state index is 12.3. The summed E-state index contributed by atoms with van der Waals surface area (Å²) >= 11 is 0. The number of carbonyl (C=O) groups excluding carboxylic acids is 1. The Morgan fingerprint density at radius 1 is 1.15 bits per heavy atom. The number of nitrogens with two attached hydrogens (primary N) is 1. The second-order valence-corrected chi connectivity index (χ2v) is 9.62. The number of hydrogen-bond donors (Lipinski definition) is 1. The third kappa shape index (κ3) is 2.32. The fraction of sp³-hybridized carbons (Fsp3) is 0.857. The Labute approximate surface area is 157 Å². The molecule has 2 N–H and O–H groups in total. The van der Waals surface area contributed by atoms with E-state index in [1.807, 2.05) is 7.05 Å². The van der Waals surface area contributed by atoms with Crippen molar-refractivity contribution in [1.82, 2.24) is 4.90 Å². The van der Waals surface area contributed by atoms with Gasteiger partial charge in [0, 0.05) is 25.4 Å². The molecule has 2 heterocycles. The van der Waals surface area contributed by atoms with Gasteiger partial charge in [0.25, 0.3) is 5.91 Å². The highest BCUT2D eigenvalue weighted by Gasteiger charge is 2.64. The predicted molar refractivity (Wildman–Crippen MR) is 100 cm³/mol. The first-order valence-electron chi connectivity index (χ1n) is 10.2. The van der Waals surface area contributed by atoms with Crippen LogP contribution in [-0.4, -0.2) is 43.4 Å². The summed E-state index contributed by atoms with van der Waals surface area (Å²) in [4.78, 5) is 14.3. The third-order valence-corrected chi connectivity index (χ3v) is 8.22. The Hall–Kier alpha value is -1.07. The van der Waals surface area contributed by atoms with Crippen LogP contribution in [0.2, 0.25) is 0 Å². The molecule has 0 aromatic heterocycles. The Bertz CT molecular complexity index is 635. The van der Waals surface area contributed by atoms with Crippen molar-refractivity contribution >= 4 is 5.91 Å². The van der Waals surface area contributed by atoms with Gasteiger partial charge in [-0.1, -0.05) is 20.8 Å². The van der Waals surface area contributed by atoms with E-state index in [-0.39, 0.29) is 16.7 Å². The maximum atomic E-state index is 12.3. The molecule has 4 rings (SSSR count). The van der Waals surface area contributed by atoms with Gasteiger partial charge in [0.2, 0.25) is 0 Å². The minimum atomic E-state index is -0.424. The first-order chi connectivity index (χ1) is 12.2. The van der Waals surface area contributed by atoms with Crippen LogP contribution in [0.1, 0.15) is 59.3 Å². The lowest BCUT2D eigenvalue weighted by Gasteiger charge is -2.62. The van der Waals surface area contributed by atoms with Crippen LogP contribution in [-0.2, 0) is 14.3 Å². The molecule has 2 aliphatic carbocycles. The predicted octanol–water partition coefficient (Wildman–Crippen LogP) is 3.05. The number of likely N-dealkylation sites (N-methyl/N-ethyl adjacent to an activating group) is 1. The van der Waals surface area contributed by atoms with Crippen molar-refractivity contribution < 1.29 is 14.3 Å². The fourth-order valence-electron chi connectivity index (χ4n) is 6.99. The summed E-state index contributed by atoms with van der Waals surface area (Å²) in [5.41, 5.74) is 8.06. The van der Waals surface area contributed by atoms with Gasteiger partial charge in [-0.25, -0.2) is 0 Å². The van der Waals surface area contributed by atoms with E-state index >= 15 is 0 Å². The van der Waals surface area contributed by atoms with Crippen LogP contribution in [0.4, 0.5) is 0 Å². The number of carbonyl (C=O) groups is 1. The minimum absolute atomic E-state index is 0.0346. The van der Waals surface area contributed by atoms with Crippen molar-refractivity contribution in [2.75, 3.05) is 26.8 Å². The van der Waals surface area contributed by atoms with E-state index in [1.54, 1.807) is 0 Å². The summed E-state index contributed by atoms with van der Waals surface area (Å²) in [5.74, 6) is 0.275. The summed E-state index contributed by atoms with van der Waals surface area (Å²) in [5, 5.41) is 0. The lowest BCUT2D eigenvalue weighted by Crippen LogP contribution is -2.61. The minimum Gasteiger partial charge on any atom is -0.370 e. The van der Waals surface area contributed by atoms with Gasteiger partial charge in [0.05, 0.1) is 13.2 Å². The highest BCUT2D eigenvalue weighted by molar-refractivity contribution is 5.92. The molecule has 4 aliphatic rings. The zero-order valence-electron chi connectivity index (χ0n) is 16.8. The molecule has 2 aliphatic heterocycles. The van der Waals surface area contributed by atoms with E-state index in [2.05, 4.69) is 25.7 Å². The van der Waals surface area contributed by atoms with Crippen molar-refractivity contribution in [1.29, 1.82) is 0 Å². The second-order valence-electron chi connectivity index (χ2n) is 9.62. The molecule has 146 valence electrons. The van der Waals surface area contributed by atoms with Crippen LogP contribution in [0, 0.1) is 22.7 Å². The lowest BCUT2D eigenvalue weighted by atomic mass is 9.45. The van der Waals surface area contributed by atoms with Crippen LogP contribution in [0.5, 0.6) is 0 Å². The van der Waals surface area contributed by atoms with E-state index in [4.69, 9.17) is 15.2 Å². The highest BCUT2D eigenvalue weighted by Crippen LogP contribution is 2.66. The molecule has 0 aromatic carbocycles. The molecule has 3 atom stereocenters. The zero-order valence-corrected chi connectivity index (χ0v) is 16.8. The largest absolute Gasteiger partial charge is 0.370 e. The number of hydrogen-bond acceptors (Lipinski definition) is 4. The molecule has 3 fully saturated rings. The number of ether oxygens (including phenoxy) is 2. The zero-order chi connectivity index (χ0) is 18.7. The van der Waals surface area contributed by atoms with Crippen LogP contribution >= 0.6 is 0 Å². The smallest absolute Gasteiger partial charge is 0.264 e. The van der Waals surface area contributed by atoms with E-state index in [9.17, 15) is 4.79 Å². The van der Waals surface area contributed by atoms with E-state index < -0.39 is 5.79 Å². The molecular weight excluding hydrogens is 328 g/mol. The topological polar surface area (TPSA) is 64.8 Å². The van der Waals surface area contributed by atoms with Crippen LogP contribution < -0.4 is 5.73 Å². The number of amides is 1. The van der Waals surface area contributed by atoms with Gasteiger partial charge in [-0.15, -0.1) is 0 Å². The number of primary amides is 1.